The third kappa shape index (κ3) is 4.61. The second-order valence-corrected chi connectivity index (χ2v) is 6.37. The van der Waals surface area contributed by atoms with Gasteiger partial charge in [0, 0.05) is 12.1 Å². The highest BCUT2D eigenvalue weighted by molar-refractivity contribution is 6.32. The number of hydrogen-bond donors (Lipinski definition) is 1. The summed E-state index contributed by atoms with van der Waals surface area (Å²) in [6.45, 7) is 5.87. The highest BCUT2D eigenvalue weighted by Gasteiger charge is 2.21. The van der Waals surface area contributed by atoms with Gasteiger partial charge < -0.3 is 19.5 Å². The van der Waals surface area contributed by atoms with Crippen molar-refractivity contribution in [2.75, 3.05) is 19.5 Å². The lowest BCUT2D eigenvalue weighted by molar-refractivity contribution is -0.122. The first-order valence-electron chi connectivity index (χ1n) is 8.35. The summed E-state index contributed by atoms with van der Waals surface area (Å²) in [5, 5.41) is 3.24. The molecule has 1 amide bonds. The van der Waals surface area contributed by atoms with Crippen molar-refractivity contribution in [3.05, 3.63) is 46.5 Å². The van der Waals surface area contributed by atoms with Crippen molar-refractivity contribution in [2.24, 2.45) is 0 Å². The van der Waals surface area contributed by atoms with Crippen LogP contribution in [0.4, 0.5) is 5.69 Å². The van der Waals surface area contributed by atoms with Crippen LogP contribution in [0.5, 0.6) is 17.2 Å². The molecule has 1 N–H and O–H groups in total. The molecule has 0 heterocycles. The van der Waals surface area contributed by atoms with E-state index in [0.29, 0.717) is 34.4 Å². The van der Waals surface area contributed by atoms with Crippen molar-refractivity contribution in [1.82, 2.24) is 0 Å². The minimum Gasteiger partial charge on any atom is -0.495 e. The molecule has 0 saturated carbocycles. The Kier molecular flexibility index (Phi) is 6.75. The Morgan fingerprint density at radius 3 is 2.35 bits per heavy atom. The number of hydrogen-bond acceptors (Lipinski definition) is 4. The Hall–Kier alpha value is -2.40. The van der Waals surface area contributed by atoms with E-state index in [4.69, 9.17) is 25.8 Å². The highest BCUT2D eigenvalue weighted by atomic mass is 35.5. The Balaban J connectivity index is 2.21. The predicted molar refractivity (Wildman–Crippen MR) is 104 cm³/mol. The summed E-state index contributed by atoms with van der Waals surface area (Å²) in [7, 11) is 3.02. The van der Waals surface area contributed by atoms with Crippen LogP contribution in [0.2, 0.25) is 5.02 Å². The molecule has 0 radical (unpaired) electrons. The molecule has 2 rings (SSSR count). The van der Waals surface area contributed by atoms with Gasteiger partial charge in [-0.2, -0.15) is 0 Å². The first-order valence-corrected chi connectivity index (χ1v) is 8.73. The van der Waals surface area contributed by atoms with E-state index in [2.05, 4.69) is 5.32 Å². The second-order valence-electron chi connectivity index (χ2n) is 5.96. The SMILES string of the molecule is CC[C@H](Oc1ccc(C)cc1C)C(=O)Nc1cc(OC)c(Cl)cc1OC. The van der Waals surface area contributed by atoms with Crippen molar-refractivity contribution in [2.45, 2.75) is 33.3 Å². The molecule has 2 aromatic carbocycles. The minimum atomic E-state index is -0.636. The molecule has 0 aromatic heterocycles. The zero-order valence-corrected chi connectivity index (χ0v) is 16.4. The summed E-state index contributed by atoms with van der Waals surface area (Å²) in [5.74, 6) is 1.32. The third-order valence-electron chi connectivity index (χ3n) is 3.99. The number of anilines is 1. The molecular weight excluding hydrogens is 354 g/mol. The van der Waals surface area contributed by atoms with E-state index >= 15 is 0 Å². The molecule has 0 saturated heterocycles. The number of benzene rings is 2. The van der Waals surface area contributed by atoms with Crippen LogP contribution in [0.15, 0.2) is 30.3 Å². The normalized spacial score (nSPS) is 11.6. The molecule has 0 aliphatic heterocycles. The molecule has 0 bridgehead atoms. The topological polar surface area (TPSA) is 56.8 Å². The van der Waals surface area contributed by atoms with Crippen molar-refractivity contribution in [3.8, 4) is 17.2 Å². The summed E-state index contributed by atoms with van der Waals surface area (Å²) in [5.41, 5.74) is 2.61. The van der Waals surface area contributed by atoms with Crippen LogP contribution >= 0.6 is 11.6 Å². The Labute approximate surface area is 159 Å². The Morgan fingerprint density at radius 2 is 1.77 bits per heavy atom. The Morgan fingerprint density at radius 1 is 1.08 bits per heavy atom. The minimum absolute atomic E-state index is 0.268. The quantitative estimate of drug-likeness (QED) is 0.755. The molecule has 0 spiro atoms. The maximum atomic E-state index is 12.7. The number of nitrogens with one attached hydrogen (secondary N) is 1. The molecule has 0 fully saturated rings. The van der Waals surface area contributed by atoms with Gasteiger partial charge >= 0.3 is 0 Å². The summed E-state index contributed by atoms with van der Waals surface area (Å²) in [6, 6.07) is 9.09. The van der Waals surface area contributed by atoms with Gasteiger partial charge in [0.1, 0.15) is 17.2 Å². The molecule has 5 nitrogen and oxygen atoms in total. The van der Waals surface area contributed by atoms with E-state index in [-0.39, 0.29) is 5.91 Å². The van der Waals surface area contributed by atoms with E-state index in [9.17, 15) is 4.79 Å². The largest absolute Gasteiger partial charge is 0.495 e. The van der Waals surface area contributed by atoms with Crippen molar-refractivity contribution in [1.29, 1.82) is 0 Å². The highest BCUT2D eigenvalue weighted by Crippen LogP contribution is 2.36. The standard InChI is InChI=1S/C20H24ClNO4/c1-6-16(26-17-8-7-12(2)9-13(17)3)20(23)22-15-11-18(24-4)14(21)10-19(15)25-5/h7-11,16H,6H2,1-5H3,(H,22,23)/t16-/m0/s1. The van der Waals surface area contributed by atoms with Crippen LogP contribution < -0.4 is 19.5 Å². The predicted octanol–water partition coefficient (Wildman–Crippen LogP) is 4.77. The van der Waals surface area contributed by atoms with Gasteiger partial charge in [-0.25, -0.2) is 0 Å². The lowest BCUT2D eigenvalue weighted by Gasteiger charge is -2.20. The lowest BCUT2D eigenvalue weighted by Crippen LogP contribution is -2.32. The summed E-state index contributed by atoms with van der Waals surface area (Å²) in [6.07, 6.45) is -0.116. The lowest BCUT2D eigenvalue weighted by atomic mass is 10.1. The van der Waals surface area contributed by atoms with Crippen LogP contribution in [-0.2, 0) is 4.79 Å². The van der Waals surface area contributed by atoms with E-state index in [1.54, 1.807) is 12.1 Å². The maximum absolute atomic E-state index is 12.7. The fourth-order valence-electron chi connectivity index (χ4n) is 2.58. The van der Waals surface area contributed by atoms with Gasteiger partial charge in [-0.05, 0) is 31.9 Å². The Bertz CT molecular complexity index is 792. The van der Waals surface area contributed by atoms with Gasteiger partial charge in [-0.3, -0.25) is 4.79 Å². The second kappa shape index (κ2) is 8.81. The first-order chi connectivity index (χ1) is 12.4. The number of methoxy groups -OCH3 is 2. The average molecular weight is 378 g/mol. The summed E-state index contributed by atoms with van der Waals surface area (Å²) in [4.78, 5) is 12.7. The van der Waals surface area contributed by atoms with Crippen LogP contribution in [0.1, 0.15) is 24.5 Å². The summed E-state index contributed by atoms with van der Waals surface area (Å²) < 4.78 is 16.4. The van der Waals surface area contributed by atoms with E-state index in [1.807, 2.05) is 39.0 Å². The fourth-order valence-corrected chi connectivity index (χ4v) is 2.81. The number of aryl methyl sites for hydroxylation is 2. The third-order valence-corrected chi connectivity index (χ3v) is 4.29. The van der Waals surface area contributed by atoms with Crippen molar-refractivity contribution in [3.63, 3.8) is 0 Å². The summed E-state index contributed by atoms with van der Waals surface area (Å²) >= 11 is 6.10. The molecule has 0 aliphatic rings. The van der Waals surface area contributed by atoms with Gasteiger partial charge in [-0.1, -0.05) is 36.2 Å². The first kappa shape index (κ1) is 19.9. The van der Waals surface area contributed by atoms with Crippen molar-refractivity contribution >= 4 is 23.2 Å². The number of carbonyl (C=O) groups is 1. The average Bonchev–Trinajstić information content (AvgIpc) is 2.62. The van der Waals surface area contributed by atoms with Gasteiger partial charge in [0.25, 0.3) is 5.91 Å². The van der Waals surface area contributed by atoms with Gasteiger partial charge in [-0.15, -0.1) is 0 Å². The van der Waals surface area contributed by atoms with Gasteiger partial charge in [0.2, 0.25) is 0 Å². The van der Waals surface area contributed by atoms with Crippen LogP contribution in [-0.4, -0.2) is 26.2 Å². The van der Waals surface area contributed by atoms with Crippen LogP contribution in [0.25, 0.3) is 0 Å². The maximum Gasteiger partial charge on any atom is 0.265 e. The molecule has 0 unspecified atom stereocenters. The molecular formula is C20H24ClNO4. The molecule has 140 valence electrons. The van der Waals surface area contributed by atoms with E-state index < -0.39 is 6.10 Å². The zero-order valence-electron chi connectivity index (χ0n) is 15.7. The van der Waals surface area contributed by atoms with E-state index in [0.717, 1.165) is 11.1 Å². The monoisotopic (exact) mass is 377 g/mol. The van der Waals surface area contributed by atoms with Crippen LogP contribution in [0, 0.1) is 13.8 Å². The molecule has 1 atom stereocenters. The van der Waals surface area contributed by atoms with Crippen LogP contribution in [0.3, 0.4) is 0 Å². The smallest absolute Gasteiger partial charge is 0.265 e. The molecule has 26 heavy (non-hydrogen) atoms. The molecule has 0 aliphatic carbocycles. The van der Waals surface area contributed by atoms with Gasteiger partial charge in [0.05, 0.1) is 24.9 Å². The number of carbonyl (C=O) groups excluding carboxylic acids is 1. The van der Waals surface area contributed by atoms with E-state index in [1.165, 1.54) is 14.2 Å². The number of halogens is 1. The zero-order chi connectivity index (χ0) is 19.3. The number of amides is 1. The molecule has 6 heteroatoms. The number of ether oxygens (including phenoxy) is 3. The van der Waals surface area contributed by atoms with Gasteiger partial charge in [0.15, 0.2) is 6.10 Å². The molecule has 2 aromatic rings. The van der Waals surface area contributed by atoms with Crippen molar-refractivity contribution < 1.29 is 19.0 Å². The fraction of sp³-hybridized carbons (Fsp3) is 0.350. The number of rotatable bonds is 7.